The van der Waals surface area contributed by atoms with E-state index in [1.54, 1.807) is 31.8 Å². The molecule has 3 aromatic rings. The molecule has 8 nitrogen and oxygen atoms in total. The van der Waals surface area contributed by atoms with Gasteiger partial charge >= 0.3 is 5.97 Å². The first-order chi connectivity index (χ1) is 18.7. The Morgan fingerprint density at radius 2 is 1.52 bits per heavy atom. The van der Waals surface area contributed by atoms with Gasteiger partial charge in [0.2, 0.25) is 5.91 Å². The van der Waals surface area contributed by atoms with Crippen LogP contribution in [0.4, 0.5) is 5.69 Å². The first kappa shape index (κ1) is 30.6. The topological polar surface area (TPSA) is 98.7 Å². The number of nitrogens with zero attached hydrogens (tertiary/aromatic N) is 1. The molecule has 1 atom stereocenters. The molecule has 3 rings (SSSR count). The lowest BCUT2D eigenvalue weighted by molar-refractivity contribution is -0.160. The number of benzene rings is 2. The Bertz CT molecular complexity index is 1380. The summed E-state index contributed by atoms with van der Waals surface area (Å²) in [5.41, 5.74) is 1.97. The van der Waals surface area contributed by atoms with Crippen molar-refractivity contribution < 1.29 is 19.1 Å². The Kier molecular flexibility index (Phi) is 9.58. The van der Waals surface area contributed by atoms with Crippen LogP contribution in [0.5, 0.6) is 5.75 Å². The van der Waals surface area contributed by atoms with Crippen LogP contribution in [-0.4, -0.2) is 42.2 Å². The van der Waals surface area contributed by atoms with Gasteiger partial charge in [0, 0.05) is 6.20 Å². The summed E-state index contributed by atoms with van der Waals surface area (Å²) in [7, 11) is 3.32. The Hall–Kier alpha value is -3.91. The highest BCUT2D eigenvalue weighted by atomic mass is 16.6. The van der Waals surface area contributed by atoms with E-state index in [0.717, 1.165) is 22.4 Å². The lowest BCUT2D eigenvalue weighted by Gasteiger charge is -2.29. The van der Waals surface area contributed by atoms with E-state index in [1.165, 1.54) is 0 Å². The summed E-state index contributed by atoms with van der Waals surface area (Å²) in [6, 6.07) is 16.4. The number of ether oxygens (including phenoxy) is 2. The second kappa shape index (κ2) is 12.5. The molecule has 1 amide bonds. The molecule has 0 saturated carbocycles. The van der Waals surface area contributed by atoms with Gasteiger partial charge in [-0.15, -0.1) is 0 Å². The molecule has 40 heavy (non-hydrogen) atoms. The zero-order chi connectivity index (χ0) is 29.7. The molecule has 0 saturated heterocycles. The SMILES string of the molecule is CN[C@H](Cc1ccc(C(C)(C)C(=O)OC(C)(C)C)cc1)C(=O)Nc1c(C)ccn(Cc2ccc(OC)cc2)c1=O. The van der Waals surface area contributed by atoms with Crippen molar-refractivity contribution in [3.05, 3.63) is 93.4 Å². The summed E-state index contributed by atoms with van der Waals surface area (Å²) in [5.74, 6) is 0.145. The summed E-state index contributed by atoms with van der Waals surface area (Å²) in [4.78, 5) is 39.2. The fourth-order valence-corrected chi connectivity index (χ4v) is 4.22. The highest BCUT2D eigenvalue weighted by Crippen LogP contribution is 2.27. The molecule has 0 fully saturated rings. The number of hydrogen-bond donors (Lipinski definition) is 2. The molecule has 2 N–H and O–H groups in total. The largest absolute Gasteiger partial charge is 0.497 e. The standard InChI is InChI=1S/C32H41N3O5/c1-21-17-18-35(20-23-11-15-25(39-8)16-12-23)29(37)27(21)34-28(36)26(33-7)19-22-9-13-24(14-10-22)32(5,6)30(38)40-31(2,3)4/h9-18,26,33H,19-20H2,1-8H3,(H,34,36)/t26-/m1/s1. The van der Waals surface area contributed by atoms with Gasteiger partial charge in [0.25, 0.3) is 5.56 Å². The molecule has 1 heterocycles. The molecule has 0 unspecified atom stereocenters. The first-order valence-corrected chi connectivity index (χ1v) is 13.4. The third-order valence-electron chi connectivity index (χ3n) is 6.82. The number of aromatic nitrogens is 1. The zero-order valence-corrected chi connectivity index (χ0v) is 24.8. The minimum Gasteiger partial charge on any atom is -0.497 e. The fraction of sp³-hybridized carbons (Fsp3) is 0.406. The molecule has 214 valence electrons. The third-order valence-corrected chi connectivity index (χ3v) is 6.82. The van der Waals surface area contributed by atoms with Crippen molar-refractivity contribution in [1.82, 2.24) is 9.88 Å². The van der Waals surface area contributed by atoms with Gasteiger partial charge in [0.1, 0.15) is 17.0 Å². The minimum absolute atomic E-state index is 0.260. The second-order valence-corrected chi connectivity index (χ2v) is 11.5. The molecule has 1 aromatic heterocycles. The van der Waals surface area contributed by atoms with Crippen LogP contribution < -0.4 is 20.9 Å². The Morgan fingerprint density at radius 1 is 0.925 bits per heavy atom. The van der Waals surface area contributed by atoms with Crippen molar-refractivity contribution in [2.24, 2.45) is 0 Å². The number of anilines is 1. The molecule has 8 heteroatoms. The normalized spacial score (nSPS) is 12.5. The van der Waals surface area contributed by atoms with Crippen molar-refractivity contribution >= 4 is 17.6 Å². The van der Waals surface area contributed by atoms with Gasteiger partial charge in [-0.05, 0) is 95.5 Å². The van der Waals surface area contributed by atoms with Crippen LogP contribution in [0.3, 0.4) is 0 Å². The molecule has 2 aromatic carbocycles. The number of rotatable bonds is 10. The number of carbonyl (C=O) groups is 2. The number of methoxy groups -OCH3 is 1. The first-order valence-electron chi connectivity index (χ1n) is 13.4. The predicted octanol–water partition coefficient (Wildman–Crippen LogP) is 4.60. The molecular formula is C32H41N3O5. The van der Waals surface area contributed by atoms with Crippen LogP contribution in [0, 0.1) is 6.92 Å². The lowest BCUT2D eigenvalue weighted by Crippen LogP contribution is -2.41. The summed E-state index contributed by atoms with van der Waals surface area (Å²) in [6.45, 7) is 11.4. The summed E-state index contributed by atoms with van der Waals surface area (Å²) in [5, 5.41) is 5.91. The Labute approximate surface area is 236 Å². The smallest absolute Gasteiger partial charge is 0.316 e. The maximum atomic E-state index is 13.3. The van der Waals surface area contributed by atoms with Crippen molar-refractivity contribution in [2.45, 2.75) is 71.6 Å². The molecule has 0 aliphatic rings. The van der Waals surface area contributed by atoms with E-state index in [-0.39, 0.29) is 23.1 Å². The fourth-order valence-electron chi connectivity index (χ4n) is 4.22. The highest BCUT2D eigenvalue weighted by Gasteiger charge is 2.34. The molecule has 0 radical (unpaired) electrons. The number of carbonyl (C=O) groups excluding carboxylic acids is 2. The van der Waals surface area contributed by atoms with E-state index >= 15 is 0 Å². The summed E-state index contributed by atoms with van der Waals surface area (Å²) < 4.78 is 12.4. The van der Waals surface area contributed by atoms with Crippen molar-refractivity contribution in [2.75, 3.05) is 19.5 Å². The van der Waals surface area contributed by atoms with Gasteiger partial charge in [-0.1, -0.05) is 36.4 Å². The summed E-state index contributed by atoms with van der Waals surface area (Å²) in [6.07, 6.45) is 2.13. The third kappa shape index (κ3) is 7.60. The minimum atomic E-state index is -0.817. The van der Waals surface area contributed by atoms with Gasteiger partial charge < -0.3 is 24.7 Å². The van der Waals surface area contributed by atoms with Crippen LogP contribution in [0.25, 0.3) is 0 Å². The van der Waals surface area contributed by atoms with Crippen LogP contribution >= 0.6 is 0 Å². The lowest BCUT2D eigenvalue weighted by atomic mass is 9.84. The van der Waals surface area contributed by atoms with Gasteiger partial charge in [0.15, 0.2) is 0 Å². The van der Waals surface area contributed by atoms with E-state index < -0.39 is 17.1 Å². The molecule has 0 aliphatic carbocycles. The number of pyridine rings is 1. The van der Waals surface area contributed by atoms with Crippen LogP contribution in [0.15, 0.2) is 65.6 Å². The molecule has 0 bridgehead atoms. The van der Waals surface area contributed by atoms with E-state index in [9.17, 15) is 14.4 Å². The van der Waals surface area contributed by atoms with E-state index in [4.69, 9.17) is 9.47 Å². The van der Waals surface area contributed by atoms with Crippen molar-refractivity contribution in [1.29, 1.82) is 0 Å². The number of nitrogens with one attached hydrogen (secondary N) is 2. The van der Waals surface area contributed by atoms with Gasteiger partial charge in [-0.3, -0.25) is 14.4 Å². The number of aryl methyl sites for hydroxylation is 1. The average Bonchev–Trinajstić information content (AvgIpc) is 2.90. The molecule has 0 aliphatic heterocycles. The monoisotopic (exact) mass is 547 g/mol. The Balaban J connectivity index is 1.72. The predicted molar refractivity (Wildman–Crippen MR) is 158 cm³/mol. The van der Waals surface area contributed by atoms with Crippen LogP contribution in [0.1, 0.15) is 56.9 Å². The van der Waals surface area contributed by atoms with Gasteiger partial charge in [-0.2, -0.15) is 0 Å². The number of amides is 1. The van der Waals surface area contributed by atoms with Crippen LogP contribution in [0.2, 0.25) is 0 Å². The highest BCUT2D eigenvalue weighted by molar-refractivity contribution is 5.95. The zero-order valence-electron chi connectivity index (χ0n) is 24.8. The number of likely N-dealkylation sites (N-methyl/N-ethyl adjacent to an activating group) is 1. The van der Waals surface area contributed by atoms with Crippen molar-refractivity contribution in [3.63, 3.8) is 0 Å². The quantitative estimate of drug-likeness (QED) is 0.360. The maximum Gasteiger partial charge on any atom is 0.316 e. The van der Waals surface area contributed by atoms with Crippen LogP contribution in [-0.2, 0) is 32.7 Å². The van der Waals surface area contributed by atoms with Gasteiger partial charge in [-0.25, -0.2) is 0 Å². The average molecular weight is 548 g/mol. The number of esters is 1. The second-order valence-electron chi connectivity index (χ2n) is 11.5. The number of hydrogen-bond acceptors (Lipinski definition) is 6. The van der Waals surface area contributed by atoms with E-state index in [1.807, 2.05) is 89.2 Å². The van der Waals surface area contributed by atoms with E-state index in [2.05, 4.69) is 10.6 Å². The Morgan fingerprint density at radius 3 is 2.08 bits per heavy atom. The molecule has 0 spiro atoms. The van der Waals surface area contributed by atoms with Gasteiger partial charge in [0.05, 0.1) is 25.1 Å². The maximum absolute atomic E-state index is 13.3. The summed E-state index contributed by atoms with van der Waals surface area (Å²) >= 11 is 0. The van der Waals surface area contributed by atoms with E-state index in [0.29, 0.717) is 18.5 Å². The van der Waals surface area contributed by atoms with Crippen molar-refractivity contribution in [3.8, 4) is 5.75 Å². The molecular weight excluding hydrogens is 506 g/mol.